The maximum atomic E-state index is 10.5. The quantitative estimate of drug-likeness (QED) is 0.617. The Morgan fingerprint density at radius 2 is 2.23 bits per heavy atom. The van der Waals surface area contributed by atoms with Gasteiger partial charge < -0.3 is 4.40 Å². The first-order valence-electron chi connectivity index (χ1n) is 4.13. The number of aldehydes is 1. The van der Waals surface area contributed by atoms with Gasteiger partial charge in [-0.2, -0.15) is 0 Å². The number of hydrogen-bond acceptors (Lipinski definition) is 2. The molecule has 0 radical (unpaired) electrons. The maximum Gasteiger partial charge on any atom is 0.150 e. The fourth-order valence-corrected chi connectivity index (χ4v) is 1.50. The summed E-state index contributed by atoms with van der Waals surface area (Å²) in [4.78, 5) is 14.9. The minimum Gasteiger partial charge on any atom is -0.304 e. The average Bonchev–Trinajstić information content (AvgIpc) is 2.42. The molecule has 0 fully saturated rings. The molecule has 0 amide bonds. The molecule has 0 aliphatic carbocycles. The second kappa shape index (κ2) is 2.69. The van der Waals surface area contributed by atoms with Gasteiger partial charge in [0, 0.05) is 11.8 Å². The summed E-state index contributed by atoms with van der Waals surface area (Å²) in [5.74, 6) is 0.949. The highest BCUT2D eigenvalue weighted by molar-refractivity contribution is 5.77. The molecule has 2 aromatic heterocycles. The van der Waals surface area contributed by atoms with Crippen molar-refractivity contribution in [3.63, 3.8) is 0 Å². The van der Waals surface area contributed by atoms with Gasteiger partial charge in [-0.3, -0.25) is 4.79 Å². The number of carbonyl (C=O) groups is 1. The van der Waals surface area contributed by atoms with Crippen molar-refractivity contribution in [1.82, 2.24) is 9.38 Å². The second-order valence-electron chi connectivity index (χ2n) is 3.08. The lowest BCUT2D eigenvalue weighted by molar-refractivity contribution is 0.112. The van der Waals surface area contributed by atoms with E-state index in [1.807, 2.05) is 30.5 Å². The molecule has 66 valence electrons. The summed E-state index contributed by atoms with van der Waals surface area (Å²) < 4.78 is 1.97. The highest BCUT2D eigenvalue weighted by atomic mass is 16.1. The summed E-state index contributed by atoms with van der Waals surface area (Å²) in [7, 11) is 0. The lowest BCUT2D eigenvalue weighted by Crippen LogP contribution is -1.88. The Morgan fingerprint density at radius 3 is 2.92 bits per heavy atom. The first-order valence-corrected chi connectivity index (χ1v) is 4.13. The van der Waals surface area contributed by atoms with E-state index in [9.17, 15) is 4.79 Å². The molecule has 0 spiro atoms. The minimum atomic E-state index is 0.690. The van der Waals surface area contributed by atoms with E-state index < -0.39 is 0 Å². The van der Waals surface area contributed by atoms with Crippen LogP contribution in [0.15, 0.2) is 18.3 Å². The molecule has 2 aromatic rings. The standard InChI is InChI=1S/C10H10N2O/c1-7-10-5-9(6-13)3-4-12(10)8(2)11-7/h3-6H,1-2H3. The van der Waals surface area contributed by atoms with Crippen molar-refractivity contribution >= 4 is 11.8 Å². The number of fused-ring (bicyclic) bond motifs is 1. The highest BCUT2D eigenvalue weighted by Crippen LogP contribution is 2.12. The number of rotatable bonds is 1. The molecule has 0 aliphatic heterocycles. The van der Waals surface area contributed by atoms with Gasteiger partial charge in [-0.15, -0.1) is 0 Å². The topological polar surface area (TPSA) is 34.4 Å². The molecule has 3 heteroatoms. The Bertz CT molecular complexity index is 471. The molecule has 0 unspecified atom stereocenters. The summed E-state index contributed by atoms with van der Waals surface area (Å²) in [5, 5.41) is 0. The van der Waals surface area contributed by atoms with E-state index in [4.69, 9.17) is 0 Å². The minimum absolute atomic E-state index is 0.690. The van der Waals surface area contributed by atoms with Crippen molar-refractivity contribution in [2.45, 2.75) is 13.8 Å². The number of aryl methyl sites for hydroxylation is 2. The number of aromatic nitrogens is 2. The largest absolute Gasteiger partial charge is 0.304 e. The van der Waals surface area contributed by atoms with Crippen LogP contribution in [0.5, 0.6) is 0 Å². The zero-order chi connectivity index (χ0) is 9.42. The summed E-state index contributed by atoms with van der Waals surface area (Å²) in [6, 6.07) is 3.64. The van der Waals surface area contributed by atoms with E-state index in [0.29, 0.717) is 5.56 Å². The lowest BCUT2D eigenvalue weighted by atomic mass is 10.2. The van der Waals surface area contributed by atoms with Gasteiger partial charge in [0.15, 0.2) is 0 Å². The van der Waals surface area contributed by atoms with Gasteiger partial charge in [0.05, 0.1) is 11.2 Å². The molecule has 0 aliphatic rings. The Morgan fingerprint density at radius 1 is 1.46 bits per heavy atom. The molecule has 2 rings (SSSR count). The van der Waals surface area contributed by atoms with Crippen molar-refractivity contribution in [2.24, 2.45) is 0 Å². The molecule has 3 nitrogen and oxygen atoms in total. The average molecular weight is 174 g/mol. The molecule has 2 heterocycles. The van der Waals surface area contributed by atoms with Crippen molar-refractivity contribution in [2.75, 3.05) is 0 Å². The monoisotopic (exact) mass is 174 g/mol. The van der Waals surface area contributed by atoms with Crippen LogP contribution >= 0.6 is 0 Å². The van der Waals surface area contributed by atoms with Crippen LogP contribution in [0, 0.1) is 13.8 Å². The molecular weight excluding hydrogens is 164 g/mol. The van der Waals surface area contributed by atoms with Crippen molar-refractivity contribution in [3.05, 3.63) is 35.4 Å². The van der Waals surface area contributed by atoms with Gasteiger partial charge in [-0.1, -0.05) is 0 Å². The molecule has 0 saturated heterocycles. The second-order valence-corrected chi connectivity index (χ2v) is 3.08. The van der Waals surface area contributed by atoms with E-state index in [1.54, 1.807) is 6.07 Å². The van der Waals surface area contributed by atoms with Gasteiger partial charge >= 0.3 is 0 Å². The van der Waals surface area contributed by atoms with Crippen molar-refractivity contribution in [1.29, 1.82) is 0 Å². The molecule has 0 atom stereocenters. The number of nitrogens with zero attached hydrogens (tertiary/aromatic N) is 2. The van der Waals surface area contributed by atoms with Crippen molar-refractivity contribution < 1.29 is 4.79 Å². The van der Waals surface area contributed by atoms with E-state index in [1.165, 1.54) is 0 Å². The third kappa shape index (κ3) is 1.13. The molecule has 0 saturated carbocycles. The van der Waals surface area contributed by atoms with Crippen LogP contribution in [0.25, 0.3) is 5.52 Å². The highest BCUT2D eigenvalue weighted by Gasteiger charge is 2.03. The van der Waals surface area contributed by atoms with E-state index in [0.717, 1.165) is 23.3 Å². The predicted molar refractivity (Wildman–Crippen MR) is 50.1 cm³/mol. The van der Waals surface area contributed by atoms with Crippen LogP contribution in [0.2, 0.25) is 0 Å². The Balaban J connectivity index is 2.83. The SMILES string of the molecule is Cc1nc(C)n2ccc(C=O)cc12. The Hall–Kier alpha value is -1.64. The fourth-order valence-electron chi connectivity index (χ4n) is 1.50. The third-order valence-corrected chi connectivity index (χ3v) is 2.16. The summed E-state index contributed by atoms with van der Waals surface area (Å²) in [5.41, 5.74) is 2.65. The van der Waals surface area contributed by atoms with Crippen LogP contribution < -0.4 is 0 Å². The maximum absolute atomic E-state index is 10.5. The van der Waals surface area contributed by atoms with Crippen LogP contribution in [0.1, 0.15) is 21.9 Å². The molecular formula is C10H10N2O. The van der Waals surface area contributed by atoms with E-state index in [2.05, 4.69) is 4.98 Å². The first kappa shape index (κ1) is 7.98. The van der Waals surface area contributed by atoms with Gasteiger partial charge in [-0.25, -0.2) is 4.98 Å². The van der Waals surface area contributed by atoms with Gasteiger partial charge in [-0.05, 0) is 26.0 Å². The molecule has 13 heavy (non-hydrogen) atoms. The number of hydrogen-bond donors (Lipinski definition) is 0. The molecule has 0 N–H and O–H groups in total. The first-order chi connectivity index (χ1) is 6.22. The Labute approximate surface area is 76.0 Å². The van der Waals surface area contributed by atoms with Crippen LogP contribution in [-0.2, 0) is 0 Å². The number of imidazole rings is 1. The van der Waals surface area contributed by atoms with Gasteiger partial charge in [0.1, 0.15) is 12.1 Å². The normalized spacial score (nSPS) is 10.6. The number of carbonyl (C=O) groups excluding carboxylic acids is 1. The predicted octanol–water partition coefficient (Wildman–Crippen LogP) is 1.76. The molecule has 0 aromatic carbocycles. The van der Waals surface area contributed by atoms with E-state index in [-0.39, 0.29) is 0 Å². The van der Waals surface area contributed by atoms with Crippen molar-refractivity contribution in [3.8, 4) is 0 Å². The Kier molecular flexibility index (Phi) is 1.65. The zero-order valence-electron chi connectivity index (χ0n) is 7.61. The van der Waals surface area contributed by atoms with Crippen LogP contribution in [0.3, 0.4) is 0 Å². The van der Waals surface area contributed by atoms with E-state index >= 15 is 0 Å². The zero-order valence-corrected chi connectivity index (χ0v) is 7.61. The van der Waals surface area contributed by atoms with Gasteiger partial charge in [0.2, 0.25) is 0 Å². The third-order valence-electron chi connectivity index (χ3n) is 2.16. The fraction of sp³-hybridized carbons (Fsp3) is 0.200. The smallest absolute Gasteiger partial charge is 0.150 e. The van der Waals surface area contributed by atoms with Crippen LogP contribution in [-0.4, -0.2) is 15.7 Å². The summed E-state index contributed by atoms with van der Waals surface area (Å²) in [6.45, 7) is 3.89. The summed E-state index contributed by atoms with van der Waals surface area (Å²) in [6.07, 6.45) is 2.72. The molecule has 0 bridgehead atoms. The van der Waals surface area contributed by atoms with Gasteiger partial charge in [0.25, 0.3) is 0 Å². The summed E-state index contributed by atoms with van der Waals surface area (Å²) >= 11 is 0. The number of pyridine rings is 1. The lowest BCUT2D eigenvalue weighted by Gasteiger charge is -1.96. The van der Waals surface area contributed by atoms with Crippen LogP contribution in [0.4, 0.5) is 0 Å².